The Morgan fingerprint density at radius 3 is 2.55 bits per heavy atom. The summed E-state index contributed by atoms with van der Waals surface area (Å²) in [5, 5.41) is 2.81. The predicted octanol–water partition coefficient (Wildman–Crippen LogP) is 5.14. The van der Waals surface area contributed by atoms with Gasteiger partial charge in [0, 0.05) is 6.54 Å². The third kappa shape index (κ3) is 4.54. The summed E-state index contributed by atoms with van der Waals surface area (Å²) in [6.07, 6.45) is 2.84. The maximum Gasteiger partial charge on any atom is 0.416 e. The summed E-state index contributed by atoms with van der Waals surface area (Å²) < 4.78 is 37.9. The van der Waals surface area contributed by atoms with Gasteiger partial charge in [-0.05, 0) is 24.5 Å². The number of nitrogens with one attached hydrogen (secondary N) is 1. The number of hydrogen-bond donors (Lipinski definition) is 1. The quantitative estimate of drug-likeness (QED) is 0.779. The molecule has 0 atom stereocenters. The van der Waals surface area contributed by atoms with Crippen LogP contribution in [0.25, 0.3) is 0 Å². The van der Waals surface area contributed by atoms with Gasteiger partial charge in [0.2, 0.25) is 0 Å². The molecule has 1 aliphatic rings. The van der Waals surface area contributed by atoms with Gasteiger partial charge in [0.05, 0.1) is 5.56 Å². The minimum Gasteiger partial charge on any atom is -0.370 e. The van der Waals surface area contributed by atoms with Gasteiger partial charge in [-0.25, -0.2) is 4.98 Å². The highest BCUT2D eigenvalue weighted by Gasteiger charge is 2.31. The topological polar surface area (TPSA) is 24.9 Å². The standard InChI is InChI=1S/C14H18ClF3N2/c15-12-8-11(14(16,17)18)9-13(20-12)19-7-6-10-4-2-1-3-5-10/h8-10H,1-7H2,(H,19,20). The molecule has 1 aromatic rings. The molecule has 1 aliphatic carbocycles. The van der Waals surface area contributed by atoms with Gasteiger partial charge in [-0.1, -0.05) is 43.7 Å². The van der Waals surface area contributed by atoms with Crippen LogP contribution in [0.5, 0.6) is 0 Å². The number of aromatic nitrogens is 1. The van der Waals surface area contributed by atoms with E-state index in [1.165, 1.54) is 32.1 Å². The van der Waals surface area contributed by atoms with E-state index in [1.807, 2.05) is 0 Å². The molecule has 0 saturated heterocycles. The first-order chi connectivity index (χ1) is 9.45. The fourth-order valence-electron chi connectivity index (χ4n) is 2.63. The van der Waals surface area contributed by atoms with Crippen molar-refractivity contribution in [2.75, 3.05) is 11.9 Å². The molecular formula is C14H18ClF3N2. The van der Waals surface area contributed by atoms with Crippen molar-refractivity contribution in [2.24, 2.45) is 5.92 Å². The highest BCUT2D eigenvalue weighted by Crippen LogP contribution is 2.32. The predicted molar refractivity (Wildman–Crippen MR) is 73.9 cm³/mol. The molecule has 0 radical (unpaired) electrons. The first-order valence-electron chi connectivity index (χ1n) is 6.94. The lowest BCUT2D eigenvalue weighted by molar-refractivity contribution is -0.137. The zero-order valence-electron chi connectivity index (χ0n) is 11.1. The Balaban J connectivity index is 1.90. The highest BCUT2D eigenvalue weighted by atomic mass is 35.5. The minimum absolute atomic E-state index is 0.139. The van der Waals surface area contributed by atoms with Crippen molar-refractivity contribution in [2.45, 2.75) is 44.7 Å². The Hall–Kier alpha value is -0.970. The summed E-state index contributed by atoms with van der Waals surface area (Å²) >= 11 is 5.63. The molecule has 0 amide bonds. The van der Waals surface area contributed by atoms with E-state index in [9.17, 15) is 13.2 Å². The molecule has 1 aromatic heterocycles. The summed E-state index contributed by atoms with van der Waals surface area (Å²) in [6, 6.07) is 1.85. The summed E-state index contributed by atoms with van der Waals surface area (Å²) in [7, 11) is 0. The Morgan fingerprint density at radius 2 is 1.90 bits per heavy atom. The molecule has 0 spiro atoms. The number of nitrogens with zero attached hydrogens (tertiary/aromatic N) is 1. The normalized spacial score (nSPS) is 17.2. The second kappa shape index (κ2) is 6.66. The molecule has 2 rings (SSSR count). The molecule has 1 fully saturated rings. The van der Waals surface area contributed by atoms with Gasteiger partial charge in [0.1, 0.15) is 11.0 Å². The maximum atomic E-state index is 12.6. The van der Waals surface area contributed by atoms with Crippen LogP contribution < -0.4 is 5.32 Å². The van der Waals surface area contributed by atoms with Crippen molar-refractivity contribution >= 4 is 17.4 Å². The van der Waals surface area contributed by atoms with Gasteiger partial charge >= 0.3 is 6.18 Å². The van der Waals surface area contributed by atoms with E-state index in [1.54, 1.807) is 0 Å². The third-order valence-corrected chi connectivity index (χ3v) is 3.90. The highest BCUT2D eigenvalue weighted by molar-refractivity contribution is 6.29. The SMILES string of the molecule is FC(F)(F)c1cc(Cl)nc(NCCC2CCCCC2)c1. The van der Waals surface area contributed by atoms with Gasteiger partial charge in [0.25, 0.3) is 0 Å². The number of hydrogen-bond acceptors (Lipinski definition) is 2. The van der Waals surface area contributed by atoms with E-state index < -0.39 is 11.7 Å². The maximum absolute atomic E-state index is 12.6. The van der Waals surface area contributed by atoms with Gasteiger partial charge in [-0.2, -0.15) is 13.2 Å². The Kier molecular flexibility index (Phi) is 5.13. The summed E-state index contributed by atoms with van der Waals surface area (Å²) in [5.74, 6) is 0.873. The average molecular weight is 307 g/mol. The summed E-state index contributed by atoms with van der Waals surface area (Å²) in [4.78, 5) is 3.88. The molecule has 1 heterocycles. The first-order valence-corrected chi connectivity index (χ1v) is 7.31. The Labute approximate surface area is 121 Å². The van der Waals surface area contributed by atoms with Gasteiger partial charge in [-0.15, -0.1) is 0 Å². The third-order valence-electron chi connectivity index (χ3n) is 3.70. The fraction of sp³-hybridized carbons (Fsp3) is 0.643. The molecule has 0 aromatic carbocycles. The molecule has 0 unspecified atom stereocenters. The zero-order valence-corrected chi connectivity index (χ0v) is 11.9. The van der Waals surface area contributed by atoms with E-state index in [2.05, 4.69) is 10.3 Å². The molecule has 112 valence electrons. The van der Waals surface area contributed by atoms with Crippen LogP contribution in [-0.4, -0.2) is 11.5 Å². The van der Waals surface area contributed by atoms with E-state index >= 15 is 0 Å². The van der Waals surface area contributed by atoms with Crippen LogP contribution >= 0.6 is 11.6 Å². The molecule has 20 heavy (non-hydrogen) atoms. The summed E-state index contributed by atoms with van der Waals surface area (Å²) in [5.41, 5.74) is -0.766. The molecule has 6 heteroatoms. The first kappa shape index (κ1) is 15.4. The van der Waals surface area contributed by atoms with Crippen molar-refractivity contribution in [1.82, 2.24) is 4.98 Å². The number of pyridine rings is 1. The van der Waals surface area contributed by atoms with Gasteiger partial charge < -0.3 is 5.32 Å². The van der Waals surface area contributed by atoms with E-state index in [-0.39, 0.29) is 11.0 Å². The largest absolute Gasteiger partial charge is 0.416 e. The number of alkyl halides is 3. The van der Waals surface area contributed by atoms with Crippen LogP contribution in [0.2, 0.25) is 5.15 Å². The lowest BCUT2D eigenvalue weighted by Gasteiger charge is -2.21. The van der Waals surface area contributed by atoms with Crippen molar-refractivity contribution in [1.29, 1.82) is 0 Å². The molecule has 2 nitrogen and oxygen atoms in total. The number of halogens is 4. The van der Waals surface area contributed by atoms with E-state index in [0.29, 0.717) is 12.5 Å². The zero-order chi connectivity index (χ0) is 14.6. The minimum atomic E-state index is -4.40. The number of anilines is 1. The molecule has 1 N–H and O–H groups in total. The van der Waals surface area contributed by atoms with E-state index in [0.717, 1.165) is 18.6 Å². The monoisotopic (exact) mass is 306 g/mol. The molecule has 0 aliphatic heterocycles. The molecule has 1 saturated carbocycles. The second-order valence-electron chi connectivity index (χ2n) is 5.28. The van der Waals surface area contributed by atoms with E-state index in [4.69, 9.17) is 11.6 Å². The Bertz CT molecular complexity index is 443. The molecular weight excluding hydrogens is 289 g/mol. The van der Waals surface area contributed by atoms with Crippen LogP contribution in [0.15, 0.2) is 12.1 Å². The van der Waals surface area contributed by atoms with Crippen LogP contribution in [-0.2, 0) is 6.18 Å². The van der Waals surface area contributed by atoms with Crippen LogP contribution in [0, 0.1) is 5.92 Å². The van der Waals surface area contributed by atoms with Crippen LogP contribution in [0.4, 0.5) is 19.0 Å². The van der Waals surface area contributed by atoms with Crippen molar-refractivity contribution in [3.8, 4) is 0 Å². The van der Waals surface area contributed by atoms with Crippen LogP contribution in [0.1, 0.15) is 44.1 Å². The lowest BCUT2D eigenvalue weighted by atomic mass is 9.87. The average Bonchev–Trinajstić information content (AvgIpc) is 2.38. The second-order valence-corrected chi connectivity index (χ2v) is 5.67. The van der Waals surface area contributed by atoms with Crippen molar-refractivity contribution in [3.05, 3.63) is 22.8 Å². The van der Waals surface area contributed by atoms with Crippen molar-refractivity contribution < 1.29 is 13.2 Å². The van der Waals surface area contributed by atoms with Crippen LogP contribution in [0.3, 0.4) is 0 Å². The summed E-state index contributed by atoms with van der Waals surface area (Å²) in [6.45, 7) is 0.634. The lowest BCUT2D eigenvalue weighted by Crippen LogP contribution is -2.13. The smallest absolute Gasteiger partial charge is 0.370 e. The van der Waals surface area contributed by atoms with Gasteiger partial charge in [0.15, 0.2) is 0 Å². The van der Waals surface area contributed by atoms with Gasteiger partial charge in [-0.3, -0.25) is 0 Å². The van der Waals surface area contributed by atoms with Crippen molar-refractivity contribution in [3.63, 3.8) is 0 Å². The Morgan fingerprint density at radius 1 is 1.20 bits per heavy atom. The fourth-order valence-corrected chi connectivity index (χ4v) is 2.84. The number of rotatable bonds is 4. The molecule has 0 bridgehead atoms.